The average molecular weight is 471 g/mol. The fraction of sp³-hybridized carbons (Fsp3) is 0.143. The van der Waals surface area contributed by atoms with Crippen molar-refractivity contribution in [1.29, 1.82) is 0 Å². The highest BCUT2D eigenvalue weighted by molar-refractivity contribution is 6.47. The molecule has 0 aliphatic carbocycles. The van der Waals surface area contributed by atoms with Gasteiger partial charge in [0.15, 0.2) is 0 Å². The third-order valence-electron chi connectivity index (χ3n) is 6.36. The Bertz CT molecular complexity index is 1440. The number of aryl methyl sites for hydroxylation is 1. The molecule has 1 unspecified atom stereocenters. The van der Waals surface area contributed by atoms with Crippen molar-refractivity contribution in [1.82, 2.24) is 9.88 Å². The van der Waals surface area contributed by atoms with Crippen molar-refractivity contribution < 1.29 is 14.7 Å². The molecule has 6 heteroatoms. The van der Waals surface area contributed by atoms with E-state index in [-0.39, 0.29) is 11.3 Å². The predicted octanol–water partition coefficient (Wildman–Crippen LogP) is 5.79. The number of nitrogens with zero attached hydrogens (tertiary/aromatic N) is 1. The number of halogens is 1. The Morgan fingerprint density at radius 1 is 1.00 bits per heavy atom. The molecule has 1 amide bonds. The Morgan fingerprint density at radius 2 is 1.71 bits per heavy atom. The molecular formula is C28H23ClN2O3. The Hall–Kier alpha value is -3.83. The van der Waals surface area contributed by atoms with Gasteiger partial charge in [-0.25, -0.2) is 0 Å². The number of rotatable bonds is 5. The maximum absolute atomic E-state index is 13.2. The van der Waals surface area contributed by atoms with Gasteiger partial charge in [-0.05, 0) is 42.7 Å². The zero-order valence-electron chi connectivity index (χ0n) is 18.6. The lowest BCUT2D eigenvalue weighted by atomic mass is 9.94. The molecule has 1 fully saturated rings. The second-order valence-corrected chi connectivity index (χ2v) is 8.90. The molecule has 2 N–H and O–H groups in total. The second-order valence-electron chi connectivity index (χ2n) is 8.49. The first-order valence-corrected chi connectivity index (χ1v) is 11.5. The number of ketones is 1. The second kappa shape index (κ2) is 8.84. The Morgan fingerprint density at radius 3 is 2.47 bits per heavy atom. The third kappa shape index (κ3) is 3.78. The molecule has 0 saturated carbocycles. The van der Waals surface area contributed by atoms with E-state index in [1.165, 1.54) is 0 Å². The lowest BCUT2D eigenvalue weighted by Gasteiger charge is -2.25. The van der Waals surface area contributed by atoms with E-state index in [2.05, 4.69) is 4.98 Å². The highest BCUT2D eigenvalue weighted by atomic mass is 35.5. The lowest BCUT2D eigenvalue weighted by molar-refractivity contribution is -0.139. The SMILES string of the molecule is Cc1ccc(C2/C(=C(\O)c3ccccc3Cl)C(=O)C(=O)N2CCc2c[nH]c3ccccc23)cc1. The van der Waals surface area contributed by atoms with Gasteiger partial charge in [-0.2, -0.15) is 0 Å². The summed E-state index contributed by atoms with van der Waals surface area (Å²) in [6.07, 6.45) is 2.50. The van der Waals surface area contributed by atoms with Crippen LogP contribution in [-0.2, 0) is 16.0 Å². The molecule has 0 radical (unpaired) electrons. The van der Waals surface area contributed by atoms with E-state index in [4.69, 9.17) is 11.6 Å². The number of carbonyl (C=O) groups excluding carboxylic acids is 2. The monoisotopic (exact) mass is 470 g/mol. The molecular weight excluding hydrogens is 448 g/mol. The topological polar surface area (TPSA) is 73.4 Å². The Kier molecular flexibility index (Phi) is 5.72. The number of fused-ring (bicyclic) bond motifs is 1. The number of nitrogens with one attached hydrogen (secondary N) is 1. The molecule has 5 rings (SSSR count). The first kappa shape index (κ1) is 22.0. The van der Waals surface area contributed by atoms with Crippen LogP contribution in [0.25, 0.3) is 16.7 Å². The summed E-state index contributed by atoms with van der Waals surface area (Å²) < 4.78 is 0. The maximum atomic E-state index is 13.2. The van der Waals surface area contributed by atoms with Crippen LogP contribution in [0.5, 0.6) is 0 Å². The largest absolute Gasteiger partial charge is 0.507 e. The number of aliphatic hydroxyl groups excluding tert-OH is 1. The number of para-hydroxylation sites is 1. The molecule has 34 heavy (non-hydrogen) atoms. The van der Waals surface area contributed by atoms with E-state index in [1.54, 1.807) is 29.2 Å². The summed E-state index contributed by atoms with van der Waals surface area (Å²) in [5, 5.41) is 12.6. The molecule has 1 aliphatic rings. The maximum Gasteiger partial charge on any atom is 0.295 e. The number of aromatic amines is 1. The molecule has 1 aromatic heterocycles. The fourth-order valence-electron chi connectivity index (χ4n) is 4.58. The van der Waals surface area contributed by atoms with Gasteiger partial charge < -0.3 is 15.0 Å². The zero-order chi connectivity index (χ0) is 23.8. The molecule has 0 bridgehead atoms. The first-order valence-electron chi connectivity index (χ1n) is 11.1. The van der Waals surface area contributed by atoms with Gasteiger partial charge in [0.2, 0.25) is 0 Å². The minimum atomic E-state index is -0.707. The molecule has 4 aromatic rings. The minimum absolute atomic E-state index is 0.0564. The molecule has 0 spiro atoms. The normalized spacial score (nSPS) is 17.6. The number of carbonyl (C=O) groups is 2. The van der Waals surface area contributed by atoms with E-state index in [0.717, 1.165) is 27.6 Å². The van der Waals surface area contributed by atoms with Crippen LogP contribution in [0.3, 0.4) is 0 Å². The summed E-state index contributed by atoms with van der Waals surface area (Å²) in [5.41, 5.74) is 4.29. The quantitative estimate of drug-likeness (QED) is 0.220. The molecule has 1 atom stereocenters. The van der Waals surface area contributed by atoms with Crippen LogP contribution in [0.15, 0.2) is 84.6 Å². The van der Waals surface area contributed by atoms with Gasteiger partial charge in [0.1, 0.15) is 5.76 Å². The highest BCUT2D eigenvalue weighted by Crippen LogP contribution is 2.40. The van der Waals surface area contributed by atoms with Crippen molar-refractivity contribution in [3.8, 4) is 0 Å². The van der Waals surface area contributed by atoms with Crippen molar-refractivity contribution in [3.05, 3.63) is 112 Å². The van der Waals surface area contributed by atoms with E-state index >= 15 is 0 Å². The number of aliphatic hydroxyl groups is 1. The number of aromatic nitrogens is 1. The molecule has 2 heterocycles. The first-order chi connectivity index (χ1) is 16.5. The van der Waals surface area contributed by atoms with Crippen molar-refractivity contribution >= 4 is 40.0 Å². The minimum Gasteiger partial charge on any atom is -0.507 e. The predicted molar refractivity (Wildman–Crippen MR) is 134 cm³/mol. The fourth-order valence-corrected chi connectivity index (χ4v) is 4.81. The van der Waals surface area contributed by atoms with Crippen molar-refractivity contribution in [3.63, 3.8) is 0 Å². The van der Waals surface area contributed by atoms with E-state index in [9.17, 15) is 14.7 Å². The number of hydrogen-bond acceptors (Lipinski definition) is 3. The molecule has 1 aliphatic heterocycles. The van der Waals surface area contributed by atoms with Crippen LogP contribution < -0.4 is 0 Å². The summed E-state index contributed by atoms with van der Waals surface area (Å²) in [7, 11) is 0. The number of likely N-dealkylation sites (tertiary alicyclic amines) is 1. The van der Waals surface area contributed by atoms with Gasteiger partial charge in [0, 0.05) is 29.2 Å². The molecule has 5 nitrogen and oxygen atoms in total. The number of Topliss-reactive ketones (excluding diaryl/α,β-unsaturated/α-hetero) is 1. The van der Waals surface area contributed by atoms with Gasteiger partial charge in [-0.1, -0.05) is 71.8 Å². The Balaban J connectivity index is 1.58. The number of amides is 1. The standard InChI is InChI=1S/C28H23ClN2O3/c1-17-10-12-18(13-11-17)25-24(26(32)21-7-2-4-8-22(21)29)27(33)28(34)31(25)15-14-19-16-30-23-9-5-3-6-20(19)23/h2-13,16,25,30,32H,14-15H2,1H3/b26-24+. The zero-order valence-corrected chi connectivity index (χ0v) is 19.3. The van der Waals surface area contributed by atoms with Crippen LogP contribution in [0.1, 0.15) is 28.3 Å². The van der Waals surface area contributed by atoms with Gasteiger partial charge in [-0.3, -0.25) is 9.59 Å². The highest BCUT2D eigenvalue weighted by Gasteiger charge is 2.46. The van der Waals surface area contributed by atoms with E-state index in [1.807, 2.05) is 61.7 Å². The molecule has 1 saturated heterocycles. The average Bonchev–Trinajstić information content (AvgIpc) is 3.37. The number of hydrogen-bond donors (Lipinski definition) is 2. The van der Waals surface area contributed by atoms with Crippen LogP contribution in [0.2, 0.25) is 5.02 Å². The summed E-state index contributed by atoms with van der Waals surface area (Å²) in [6.45, 7) is 2.30. The number of benzene rings is 3. The summed E-state index contributed by atoms with van der Waals surface area (Å²) in [6, 6.07) is 21.7. The summed E-state index contributed by atoms with van der Waals surface area (Å²) >= 11 is 6.31. The van der Waals surface area contributed by atoms with Crippen molar-refractivity contribution in [2.45, 2.75) is 19.4 Å². The summed E-state index contributed by atoms with van der Waals surface area (Å²) in [5.74, 6) is -1.59. The van der Waals surface area contributed by atoms with Crippen LogP contribution >= 0.6 is 11.6 Å². The molecule has 170 valence electrons. The molecule has 3 aromatic carbocycles. The van der Waals surface area contributed by atoms with Crippen molar-refractivity contribution in [2.75, 3.05) is 6.54 Å². The van der Waals surface area contributed by atoms with E-state index < -0.39 is 17.7 Å². The van der Waals surface area contributed by atoms with Crippen LogP contribution in [-0.4, -0.2) is 33.2 Å². The smallest absolute Gasteiger partial charge is 0.295 e. The van der Waals surface area contributed by atoms with Gasteiger partial charge >= 0.3 is 0 Å². The third-order valence-corrected chi connectivity index (χ3v) is 6.69. The summed E-state index contributed by atoms with van der Waals surface area (Å²) in [4.78, 5) is 31.2. The lowest BCUT2D eigenvalue weighted by Crippen LogP contribution is -2.31. The van der Waals surface area contributed by atoms with Crippen molar-refractivity contribution in [2.24, 2.45) is 0 Å². The van der Waals surface area contributed by atoms with Crippen LogP contribution in [0.4, 0.5) is 0 Å². The van der Waals surface area contributed by atoms with Gasteiger partial charge in [0.05, 0.1) is 16.6 Å². The number of H-pyrrole nitrogens is 1. The van der Waals surface area contributed by atoms with Gasteiger partial charge in [0.25, 0.3) is 11.7 Å². The van der Waals surface area contributed by atoms with Gasteiger partial charge in [-0.15, -0.1) is 0 Å². The Labute approximate surface area is 202 Å². The van der Waals surface area contributed by atoms with Crippen LogP contribution in [0, 0.1) is 6.92 Å². The van der Waals surface area contributed by atoms with E-state index in [0.29, 0.717) is 23.6 Å².